The van der Waals surface area contributed by atoms with Crippen molar-refractivity contribution >= 4 is 15.8 Å². The summed E-state index contributed by atoms with van der Waals surface area (Å²) in [6, 6.07) is 6.66. The van der Waals surface area contributed by atoms with Gasteiger partial charge in [-0.25, -0.2) is 8.42 Å². The van der Waals surface area contributed by atoms with Crippen LogP contribution in [0.5, 0.6) is 0 Å². The minimum Gasteiger partial charge on any atom is -0.468 e. The quantitative estimate of drug-likeness (QED) is 0.762. The lowest BCUT2D eigenvalue weighted by atomic mass is 10.1. The van der Waals surface area contributed by atoms with E-state index in [9.17, 15) is 13.2 Å². The molecule has 1 rings (SSSR count). The molecule has 106 valence electrons. The summed E-state index contributed by atoms with van der Waals surface area (Å²) >= 11 is 0. The van der Waals surface area contributed by atoms with Gasteiger partial charge in [-0.1, -0.05) is 12.1 Å². The third-order valence-electron chi connectivity index (χ3n) is 3.06. The van der Waals surface area contributed by atoms with E-state index in [0.717, 1.165) is 5.56 Å². The van der Waals surface area contributed by atoms with Gasteiger partial charge in [0.25, 0.3) is 0 Å². The molecule has 0 radical (unpaired) electrons. The second-order valence-electron chi connectivity index (χ2n) is 4.51. The lowest BCUT2D eigenvalue weighted by Gasteiger charge is -2.23. The lowest BCUT2D eigenvalue weighted by Crippen LogP contribution is -2.29. The highest BCUT2D eigenvalue weighted by Gasteiger charge is 2.16. The molecule has 0 spiro atoms. The van der Waals surface area contributed by atoms with E-state index in [0.29, 0.717) is 4.90 Å². The molecule has 0 N–H and O–H groups in total. The molecule has 1 aromatic carbocycles. The minimum atomic E-state index is -3.18. The highest BCUT2D eigenvalue weighted by molar-refractivity contribution is 7.90. The number of carbonyl (C=O) groups excluding carboxylic acids is 1. The van der Waals surface area contributed by atoms with Crippen molar-refractivity contribution in [3.8, 4) is 0 Å². The topological polar surface area (TPSA) is 63.7 Å². The Morgan fingerprint density at radius 1 is 1.32 bits per heavy atom. The van der Waals surface area contributed by atoms with Crippen LogP contribution in [0.25, 0.3) is 0 Å². The monoisotopic (exact) mass is 285 g/mol. The summed E-state index contributed by atoms with van der Waals surface area (Å²) in [7, 11) is -0.0157. The Balaban J connectivity index is 2.83. The van der Waals surface area contributed by atoms with Crippen molar-refractivity contribution in [3.05, 3.63) is 29.8 Å². The maximum Gasteiger partial charge on any atom is 0.319 e. The van der Waals surface area contributed by atoms with Crippen molar-refractivity contribution in [1.29, 1.82) is 0 Å². The zero-order valence-electron chi connectivity index (χ0n) is 11.6. The molecule has 0 aliphatic rings. The highest BCUT2D eigenvalue weighted by Crippen LogP contribution is 2.20. The van der Waals surface area contributed by atoms with Crippen LogP contribution in [0.15, 0.2) is 29.2 Å². The van der Waals surface area contributed by atoms with Crippen LogP contribution < -0.4 is 0 Å². The van der Waals surface area contributed by atoms with Crippen molar-refractivity contribution in [2.24, 2.45) is 0 Å². The maximum atomic E-state index is 11.4. The third-order valence-corrected chi connectivity index (χ3v) is 4.19. The van der Waals surface area contributed by atoms with Crippen LogP contribution in [0.2, 0.25) is 0 Å². The normalized spacial score (nSPS) is 13.3. The molecule has 0 aliphatic heterocycles. The molecule has 0 saturated heterocycles. The van der Waals surface area contributed by atoms with E-state index in [1.807, 2.05) is 18.9 Å². The summed E-state index contributed by atoms with van der Waals surface area (Å²) in [5, 5.41) is 0. The van der Waals surface area contributed by atoms with Gasteiger partial charge < -0.3 is 4.74 Å². The van der Waals surface area contributed by atoms with Crippen molar-refractivity contribution in [1.82, 2.24) is 4.90 Å². The number of hydrogen-bond acceptors (Lipinski definition) is 5. The number of hydrogen-bond donors (Lipinski definition) is 0. The molecule has 1 unspecified atom stereocenters. The average molecular weight is 285 g/mol. The number of benzene rings is 1. The Hall–Kier alpha value is -1.40. The summed E-state index contributed by atoms with van der Waals surface area (Å²) in [5.74, 6) is -0.304. The Morgan fingerprint density at radius 3 is 2.26 bits per heavy atom. The van der Waals surface area contributed by atoms with Gasteiger partial charge in [0, 0.05) is 12.3 Å². The second-order valence-corrected chi connectivity index (χ2v) is 6.52. The molecule has 0 aliphatic carbocycles. The third kappa shape index (κ3) is 4.33. The van der Waals surface area contributed by atoms with E-state index in [1.165, 1.54) is 13.4 Å². The van der Waals surface area contributed by atoms with Gasteiger partial charge in [0.15, 0.2) is 9.84 Å². The molecule has 0 saturated carbocycles. The molecule has 0 fully saturated rings. The predicted octanol–water partition coefficient (Wildman–Crippen LogP) is 1.26. The van der Waals surface area contributed by atoms with Crippen LogP contribution in [-0.2, 0) is 19.4 Å². The number of ether oxygens (including phenoxy) is 1. The molecule has 1 atom stereocenters. The van der Waals surface area contributed by atoms with Gasteiger partial charge in [0.2, 0.25) is 0 Å². The van der Waals surface area contributed by atoms with E-state index in [4.69, 9.17) is 0 Å². The summed E-state index contributed by atoms with van der Waals surface area (Å²) in [6.07, 6.45) is 1.18. The molecule has 5 nitrogen and oxygen atoms in total. The SMILES string of the molecule is COC(=O)CN(C)C(C)c1ccc(S(C)(=O)=O)cc1. The van der Waals surface area contributed by atoms with Crippen LogP contribution in [0.3, 0.4) is 0 Å². The zero-order chi connectivity index (χ0) is 14.6. The summed E-state index contributed by atoms with van der Waals surface area (Å²) in [6.45, 7) is 2.13. The Kier molecular flexibility index (Phi) is 5.08. The predicted molar refractivity (Wildman–Crippen MR) is 72.6 cm³/mol. The number of sulfone groups is 1. The first-order chi connectivity index (χ1) is 8.75. The first-order valence-corrected chi connectivity index (χ1v) is 7.72. The highest BCUT2D eigenvalue weighted by atomic mass is 32.2. The number of carbonyl (C=O) groups is 1. The average Bonchev–Trinajstić information content (AvgIpc) is 2.36. The van der Waals surface area contributed by atoms with E-state index < -0.39 is 9.84 Å². The zero-order valence-corrected chi connectivity index (χ0v) is 12.4. The van der Waals surface area contributed by atoms with Gasteiger partial charge in [0.05, 0.1) is 18.6 Å². The van der Waals surface area contributed by atoms with Gasteiger partial charge in [-0.3, -0.25) is 9.69 Å². The smallest absolute Gasteiger partial charge is 0.319 e. The standard InChI is InChI=1S/C13H19NO4S/c1-10(14(2)9-13(15)18-3)11-5-7-12(8-6-11)19(4,16)17/h5-8,10H,9H2,1-4H3. The number of rotatable bonds is 5. The van der Waals surface area contributed by atoms with Crippen LogP contribution in [0.1, 0.15) is 18.5 Å². The fourth-order valence-electron chi connectivity index (χ4n) is 1.65. The number of likely N-dealkylation sites (N-methyl/N-ethyl adjacent to an activating group) is 1. The lowest BCUT2D eigenvalue weighted by molar-refractivity contribution is -0.142. The number of esters is 1. The van der Waals surface area contributed by atoms with Gasteiger partial charge in [-0.05, 0) is 31.7 Å². The van der Waals surface area contributed by atoms with Gasteiger partial charge in [-0.2, -0.15) is 0 Å². The van der Waals surface area contributed by atoms with Crippen LogP contribution >= 0.6 is 0 Å². The molecule has 0 bridgehead atoms. The molecule has 0 amide bonds. The largest absolute Gasteiger partial charge is 0.468 e. The fourth-order valence-corrected chi connectivity index (χ4v) is 2.28. The van der Waals surface area contributed by atoms with Crippen molar-refractivity contribution < 1.29 is 17.9 Å². The summed E-state index contributed by atoms with van der Waals surface area (Å²) in [5.41, 5.74) is 0.943. The van der Waals surface area contributed by atoms with Gasteiger partial charge >= 0.3 is 5.97 Å². The molecular weight excluding hydrogens is 266 g/mol. The van der Waals surface area contributed by atoms with Crippen molar-refractivity contribution in [2.75, 3.05) is 27.0 Å². The summed E-state index contributed by atoms with van der Waals surface area (Å²) in [4.78, 5) is 13.3. The van der Waals surface area contributed by atoms with Crippen LogP contribution in [0, 0.1) is 0 Å². The number of methoxy groups -OCH3 is 1. The van der Waals surface area contributed by atoms with E-state index in [1.54, 1.807) is 24.3 Å². The first kappa shape index (κ1) is 15.7. The van der Waals surface area contributed by atoms with Gasteiger partial charge in [-0.15, -0.1) is 0 Å². The van der Waals surface area contributed by atoms with Crippen LogP contribution in [-0.4, -0.2) is 46.2 Å². The van der Waals surface area contributed by atoms with Crippen LogP contribution in [0.4, 0.5) is 0 Å². The van der Waals surface area contributed by atoms with E-state index in [-0.39, 0.29) is 18.6 Å². The molecule has 0 aromatic heterocycles. The summed E-state index contributed by atoms with van der Waals surface area (Å²) < 4.78 is 27.3. The van der Waals surface area contributed by atoms with Crippen molar-refractivity contribution in [3.63, 3.8) is 0 Å². The Labute approximate surface area is 114 Å². The van der Waals surface area contributed by atoms with Gasteiger partial charge in [0.1, 0.15) is 0 Å². The Bertz CT molecular complexity index is 536. The first-order valence-electron chi connectivity index (χ1n) is 5.82. The second kappa shape index (κ2) is 6.16. The fraction of sp³-hybridized carbons (Fsp3) is 0.462. The molecule has 19 heavy (non-hydrogen) atoms. The Morgan fingerprint density at radius 2 is 1.84 bits per heavy atom. The minimum absolute atomic E-state index is 0.00675. The molecule has 1 aromatic rings. The maximum absolute atomic E-state index is 11.4. The van der Waals surface area contributed by atoms with E-state index >= 15 is 0 Å². The molecule has 6 heteroatoms. The van der Waals surface area contributed by atoms with E-state index in [2.05, 4.69) is 4.74 Å². The van der Waals surface area contributed by atoms with Crippen molar-refractivity contribution in [2.45, 2.75) is 17.9 Å². The molecular formula is C13H19NO4S. The number of nitrogens with zero attached hydrogens (tertiary/aromatic N) is 1. The molecule has 0 heterocycles.